The van der Waals surface area contributed by atoms with E-state index in [9.17, 15) is 14.7 Å². The normalized spacial score (nSPS) is 10.8. The van der Waals surface area contributed by atoms with Crippen LogP contribution in [0.25, 0.3) is 11.0 Å². The Morgan fingerprint density at radius 3 is 2.71 bits per heavy atom. The van der Waals surface area contributed by atoms with Crippen LogP contribution in [0, 0.1) is 0 Å². The van der Waals surface area contributed by atoms with Crippen molar-refractivity contribution in [1.29, 1.82) is 0 Å². The van der Waals surface area contributed by atoms with Crippen molar-refractivity contribution in [2.24, 2.45) is 0 Å². The topological polar surface area (TPSA) is 86.0 Å². The number of rotatable bonds is 5. The van der Waals surface area contributed by atoms with Gasteiger partial charge in [0.05, 0.1) is 0 Å². The lowest BCUT2D eigenvalue weighted by Gasteiger charge is -2.09. The van der Waals surface area contributed by atoms with E-state index in [0.717, 1.165) is 5.56 Å². The lowest BCUT2D eigenvalue weighted by Crippen LogP contribution is -2.12. The first-order valence-corrected chi connectivity index (χ1v) is 6.48. The molecule has 1 N–H and O–H groups in total. The molecule has 1 heterocycles. The van der Waals surface area contributed by atoms with Crippen LogP contribution in [0.1, 0.15) is 18.1 Å². The van der Waals surface area contributed by atoms with Crippen LogP contribution < -0.4 is 5.63 Å². The Morgan fingerprint density at radius 2 is 2.05 bits per heavy atom. The number of aromatic hydroxyl groups is 1. The number of hydrogen-bond acceptors (Lipinski definition) is 6. The number of carbonyl (C=O) groups is 1. The summed E-state index contributed by atoms with van der Waals surface area (Å²) in [5.74, 6) is -0.449. The number of benzene rings is 1. The van der Waals surface area contributed by atoms with Crippen LogP contribution in [-0.2, 0) is 27.3 Å². The van der Waals surface area contributed by atoms with Crippen LogP contribution in [0.5, 0.6) is 5.75 Å². The lowest BCUT2D eigenvalue weighted by molar-refractivity contribution is -0.149. The molecule has 6 heteroatoms. The van der Waals surface area contributed by atoms with Gasteiger partial charge in [-0.25, -0.2) is 9.59 Å². The minimum absolute atomic E-state index is 0.0573. The number of methoxy groups -OCH3 is 1. The van der Waals surface area contributed by atoms with E-state index < -0.39 is 11.6 Å². The maximum Gasteiger partial charge on any atom is 0.336 e. The summed E-state index contributed by atoms with van der Waals surface area (Å²) in [6, 6.07) is 4.40. The number of carbonyl (C=O) groups excluding carboxylic acids is 1. The lowest BCUT2D eigenvalue weighted by atomic mass is 10.0. The van der Waals surface area contributed by atoms with Gasteiger partial charge in [-0.05, 0) is 18.1 Å². The van der Waals surface area contributed by atoms with Crippen LogP contribution >= 0.6 is 0 Å². The van der Waals surface area contributed by atoms with Crippen LogP contribution in [0.4, 0.5) is 0 Å². The van der Waals surface area contributed by atoms with E-state index in [1.54, 1.807) is 6.07 Å². The maximum absolute atomic E-state index is 11.5. The number of hydrogen-bond donors (Lipinski definition) is 1. The van der Waals surface area contributed by atoms with Gasteiger partial charge in [0.15, 0.2) is 0 Å². The van der Waals surface area contributed by atoms with Gasteiger partial charge >= 0.3 is 11.6 Å². The van der Waals surface area contributed by atoms with Crippen molar-refractivity contribution in [2.75, 3.05) is 13.7 Å². The van der Waals surface area contributed by atoms with Gasteiger partial charge in [0.2, 0.25) is 0 Å². The van der Waals surface area contributed by atoms with Crippen molar-refractivity contribution in [3.05, 3.63) is 39.7 Å². The minimum Gasteiger partial charge on any atom is -0.508 e. The van der Waals surface area contributed by atoms with Gasteiger partial charge in [0.25, 0.3) is 0 Å². The second-order valence-electron chi connectivity index (χ2n) is 4.52. The Labute approximate surface area is 120 Å². The van der Waals surface area contributed by atoms with E-state index in [1.807, 2.05) is 6.92 Å². The van der Waals surface area contributed by atoms with Gasteiger partial charge in [-0.15, -0.1) is 0 Å². The monoisotopic (exact) mass is 292 g/mol. The van der Waals surface area contributed by atoms with Crippen LogP contribution in [0.15, 0.2) is 27.4 Å². The summed E-state index contributed by atoms with van der Waals surface area (Å²) in [6.07, 6.45) is 0.629. The zero-order valence-electron chi connectivity index (χ0n) is 11.8. The SMILES string of the molecule is CCc1cc2c(COC(=O)COC)cc(=O)oc2cc1O. The number of ether oxygens (including phenoxy) is 2. The van der Waals surface area contributed by atoms with Crippen molar-refractivity contribution in [3.8, 4) is 5.75 Å². The third-order valence-electron chi connectivity index (χ3n) is 3.06. The molecule has 0 spiro atoms. The molecule has 1 aromatic heterocycles. The summed E-state index contributed by atoms with van der Waals surface area (Å²) in [5.41, 5.74) is 0.945. The molecule has 0 saturated carbocycles. The molecule has 0 fully saturated rings. The zero-order chi connectivity index (χ0) is 15.4. The van der Waals surface area contributed by atoms with Crippen molar-refractivity contribution in [2.45, 2.75) is 20.0 Å². The van der Waals surface area contributed by atoms with E-state index in [1.165, 1.54) is 19.2 Å². The van der Waals surface area contributed by atoms with Crippen molar-refractivity contribution in [3.63, 3.8) is 0 Å². The van der Waals surface area contributed by atoms with E-state index in [2.05, 4.69) is 4.74 Å². The van der Waals surface area contributed by atoms with Gasteiger partial charge in [-0.2, -0.15) is 0 Å². The molecule has 0 radical (unpaired) electrons. The van der Waals surface area contributed by atoms with Gasteiger partial charge in [0, 0.05) is 30.2 Å². The van der Waals surface area contributed by atoms with Crippen molar-refractivity contribution >= 4 is 16.9 Å². The largest absolute Gasteiger partial charge is 0.508 e. The predicted molar refractivity (Wildman–Crippen MR) is 75.2 cm³/mol. The van der Waals surface area contributed by atoms with Gasteiger partial charge in [-0.3, -0.25) is 0 Å². The molecule has 0 aliphatic carbocycles. The van der Waals surface area contributed by atoms with Crippen LogP contribution in [0.3, 0.4) is 0 Å². The number of fused-ring (bicyclic) bond motifs is 1. The van der Waals surface area contributed by atoms with Gasteiger partial charge in [0.1, 0.15) is 24.5 Å². The highest BCUT2D eigenvalue weighted by Gasteiger charge is 2.11. The van der Waals surface area contributed by atoms with Crippen molar-refractivity contribution in [1.82, 2.24) is 0 Å². The number of phenolic OH excluding ortho intramolecular Hbond substituents is 1. The predicted octanol–water partition coefficient (Wildman–Crippen LogP) is 1.75. The van der Waals surface area contributed by atoms with Crippen LogP contribution in [0.2, 0.25) is 0 Å². The zero-order valence-corrected chi connectivity index (χ0v) is 11.8. The molecule has 21 heavy (non-hydrogen) atoms. The quantitative estimate of drug-likeness (QED) is 0.667. The first-order chi connectivity index (χ1) is 10.0. The first-order valence-electron chi connectivity index (χ1n) is 6.48. The highest BCUT2D eigenvalue weighted by atomic mass is 16.6. The van der Waals surface area contributed by atoms with Gasteiger partial charge in [-0.1, -0.05) is 6.92 Å². The third kappa shape index (κ3) is 3.41. The van der Waals surface area contributed by atoms with Gasteiger partial charge < -0.3 is 19.0 Å². The fourth-order valence-corrected chi connectivity index (χ4v) is 2.03. The smallest absolute Gasteiger partial charge is 0.336 e. The summed E-state index contributed by atoms with van der Waals surface area (Å²) >= 11 is 0. The maximum atomic E-state index is 11.5. The molecule has 0 aliphatic rings. The van der Waals surface area contributed by atoms with E-state index in [-0.39, 0.29) is 24.5 Å². The fourth-order valence-electron chi connectivity index (χ4n) is 2.03. The number of phenols is 1. The fraction of sp³-hybridized carbons (Fsp3) is 0.333. The molecule has 0 saturated heterocycles. The Hall–Kier alpha value is -2.34. The highest BCUT2D eigenvalue weighted by Crippen LogP contribution is 2.27. The Morgan fingerprint density at radius 1 is 1.29 bits per heavy atom. The summed E-state index contributed by atoms with van der Waals surface area (Å²) in [5, 5.41) is 10.4. The standard InChI is InChI=1S/C15H16O6/c1-3-9-4-11-10(7-20-15(18)8-19-2)5-14(17)21-13(11)6-12(9)16/h4-6,16H,3,7-8H2,1-2H3. The summed E-state index contributed by atoms with van der Waals surface area (Å²) < 4.78 is 14.8. The van der Waals surface area contributed by atoms with E-state index in [4.69, 9.17) is 9.15 Å². The molecule has 0 amide bonds. The van der Waals surface area contributed by atoms with Crippen LogP contribution in [-0.4, -0.2) is 24.8 Å². The molecule has 0 unspecified atom stereocenters. The minimum atomic E-state index is -0.566. The Bertz CT molecular complexity index is 716. The Balaban J connectivity index is 2.42. The highest BCUT2D eigenvalue weighted by molar-refractivity contribution is 5.83. The Kier molecular flexibility index (Phi) is 4.59. The second-order valence-corrected chi connectivity index (χ2v) is 4.52. The molecule has 112 valence electrons. The molecule has 0 atom stereocenters. The summed E-state index contributed by atoms with van der Waals surface area (Å²) in [4.78, 5) is 22.9. The molecule has 6 nitrogen and oxygen atoms in total. The van der Waals surface area contributed by atoms with Crippen molar-refractivity contribution < 1.29 is 23.8 Å². The molecule has 1 aromatic carbocycles. The number of aryl methyl sites for hydroxylation is 1. The average molecular weight is 292 g/mol. The second kappa shape index (κ2) is 6.41. The molecular formula is C15H16O6. The summed E-state index contributed by atoms with van der Waals surface area (Å²) in [7, 11) is 1.39. The molecule has 2 rings (SSSR count). The average Bonchev–Trinajstić information content (AvgIpc) is 2.44. The molecular weight excluding hydrogens is 276 g/mol. The summed E-state index contributed by atoms with van der Waals surface area (Å²) in [6.45, 7) is 1.69. The molecule has 0 bridgehead atoms. The number of esters is 1. The third-order valence-corrected chi connectivity index (χ3v) is 3.06. The first kappa shape index (κ1) is 15.1. The van der Waals surface area contributed by atoms with E-state index in [0.29, 0.717) is 17.4 Å². The molecule has 0 aliphatic heterocycles. The molecule has 2 aromatic rings. The van der Waals surface area contributed by atoms with E-state index >= 15 is 0 Å².